The van der Waals surface area contributed by atoms with Gasteiger partial charge in [0.2, 0.25) is 0 Å². The Bertz CT molecular complexity index is 699. The van der Waals surface area contributed by atoms with E-state index in [-0.39, 0.29) is 17.4 Å². The number of unbranched alkanes of at least 4 members (excludes halogenated alkanes) is 2. The molecule has 0 bridgehead atoms. The van der Waals surface area contributed by atoms with Crippen LogP contribution in [0.15, 0.2) is 42.6 Å². The van der Waals surface area contributed by atoms with E-state index in [9.17, 15) is 18.0 Å². The highest BCUT2D eigenvalue weighted by molar-refractivity contribution is 5.94. The number of nitrogens with zero attached hydrogens (tertiary/aromatic N) is 1. The fraction of sp³-hybridized carbons (Fsp3) is 0.333. The number of amides is 1. The maximum absolute atomic E-state index is 13.0. The summed E-state index contributed by atoms with van der Waals surface area (Å²) in [6.45, 7) is 2.67. The summed E-state index contributed by atoms with van der Waals surface area (Å²) in [5.74, 6) is -0.00919. The molecule has 0 saturated carbocycles. The zero-order valence-corrected chi connectivity index (χ0v) is 13.9. The van der Waals surface area contributed by atoms with E-state index in [0.717, 1.165) is 25.3 Å². The number of carbonyl (C=O) groups excluding carboxylic acids is 1. The van der Waals surface area contributed by atoms with Crippen LogP contribution in [-0.4, -0.2) is 17.4 Å². The largest absolute Gasteiger partial charge is 0.418 e. The first-order chi connectivity index (χ1) is 11.9. The van der Waals surface area contributed by atoms with E-state index in [0.29, 0.717) is 12.1 Å². The van der Waals surface area contributed by atoms with Crippen molar-refractivity contribution in [2.45, 2.75) is 32.4 Å². The molecule has 2 aromatic rings. The van der Waals surface area contributed by atoms with E-state index in [1.54, 1.807) is 0 Å². The van der Waals surface area contributed by atoms with Crippen LogP contribution in [0.3, 0.4) is 0 Å². The molecule has 0 fully saturated rings. The molecule has 0 aliphatic heterocycles. The SMILES string of the molecule is CCCCCNC(=O)c1ccc(Nc2ccccc2C(F)(F)F)nc1. The first-order valence-electron chi connectivity index (χ1n) is 8.09. The topological polar surface area (TPSA) is 54.0 Å². The van der Waals surface area contributed by atoms with Crippen molar-refractivity contribution in [3.63, 3.8) is 0 Å². The number of aromatic nitrogens is 1. The highest BCUT2D eigenvalue weighted by Gasteiger charge is 2.33. The van der Waals surface area contributed by atoms with Gasteiger partial charge in [0.1, 0.15) is 5.82 Å². The van der Waals surface area contributed by atoms with Crippen LogP contribution in [-0.2, 0) is 6.18 Å². The van der Waals surface area contributed by atoms with Crippen LogP contribution >= 0.6 is 0 Å². The number of hydrogen-bond donors (Lipinski definition) is 2. The molecule has 0 saturated heterocycles. The van der Waals surface area contributed by atoms with Crippen molar-refractivity contribution >= 4 is 17.4 Å². The predicted molar refractivity (Wildman–Crippen MR) is 90.8 cm³/mol. The lowest BCUT2D eigenvalue weighted by molar-refractivity contribution is -0.136. The minimum absolute atomic E-state index is 0.0840. The fourth-order valence-electron chi connectivity index (χ4n) is 2.26. The molecule has 4 nitrogen and oxygen atoms in total. The molecule has 1 aromatic carbocycles. The minimum atomic E-state index is -4.46. The average molecular weight is 351 g/mol. The summed E-state index contributed by atoms with van der Waals surface area (Å²) in [4.78, 5) is 16.0. The van der Waals surface area contributed by atoms with Gasteiger partial charge in [-0.15, -0.1) is 0 Å². The summed E-state index contributed by atoms with van der Waals surface area (Å²) in [6, 6.07) is 8.18. The van der Waals surface area contributed by atoms with E-state index in [4.69, 9.17) is 0 Å². The lowest BCUT2D eigenvalue weighted by Gasteiger charge is -2.14. The molecule has 25 heavy (non-hydrogen) atoms. The van der Waals surface area contributed by atoms with Gasteiger partial charge in [0.25, 0.3) is 5.91 Å². The van der Waals surface area contributed by atoms with E-state index < -0.39 is 11.7 Å². The average Bonchev–Trinajstić information content (AvgIpc) is 2.59. The van der Waals surface area contributed by atoms with Crippen molar-refractivity contribution in [3.8, 4) is 0 Å². The molecular formula is C18H20F3N3O. The van der Waals surface area contributed by atoms with Gasteiger partial charge < -0.3 is 10.6 Å². The number of alkyl halides is 3. The molecule has 0 atom stereocenters. The Morgan fingerprint density at radius 2 is 1.88 bits per heavy atom. The van der Waals surface area contributed by atoms with E-state index in [1.165, 1.54) is 36.5 Å². The Morgan fingerprint density at radius 1 is 1.12 bits per heavy atom. The molecule has 7 heteroatoms. The molecule has 0 spiro atoms. The van der Waals surface area contributed by atoms with Crippen molar-refractivity contribution < 1.29 is 18.0 Å². The van der Waals surface area contributed by atoms with Crippen LogP contribution in [0.1, 0.15) is 42.1 Å². The van der Waals surface area contributed by atoms with Gasteiger partial charge in [-0.05, 0) is 30.7 Å². The third-order valence-electron chi connectivity index (χ3n) is 3.59. The molecule has 0 unspecified atom stereocenters. The van der Waals surface area contributed by atoms with Gasteiger partial charge in [-0.25, -0.2) is 4.98 Å². The molecule has 0 aliphatic rings. The molecule has 134 valence electrons. The van der Waals surface area contributed by atoms with Gasteiger partial charge in [0.15, 0.2) is 0 Å². The number of carbonyl (C=O) groups is 1. The van der Waals surface area contributed by atoms with Gasteiger partial charge in [-0.3, -0.25) is 4.79 Å². The maximum atomic E-state index is 13.0. The summed E-state index contributed by atoms with van der Waals surface area (Å²) in [7, 11) is 0. The number of para-hydroxylation sites is 1. The maximum Gasteiger partial charge on any atom is 0.418 e. The fourth-order valence-corrected chi connectivity index (χ4v) is 2.26. The highest BCUT2D eigenvalue weighted by Crippen LogP contribution is 2.35. The van der Waals surface area contributed by atoms with Crippen LogP contribution in [0.25, 0.3) is 0 Å². The summed E-state index contributed by atoms with van der Waals surface area (Å²) in [5.41, 5.74) is -0.486. The molecule has 2 N–H and O–H groups in total. The van der Waals surface area contributed by atoms with Gasteiger partial charge in [0, 0.05) is 12.7 Å². The molecule has 1 heterocycles. The van der Waals surface area contributed by atoms with E-state index in [1.807, 2.05) is 0 Å². The molecule has 0 radical (unpaired) electrons. The van der Waals surface area contributed by atoms with Gasteiger partial charge >= 0.3 is 6.18 Å². The number of hydrogen-bond acceptors (Lipinski definition) is 3. The second-order valence-corrected chi connectivity index (χ2v) is 5.56. The molecular weight excluding hydrogens is 331 g/mol. The summed E-state index contributed by atoms with van der Waals surface area (Å²) >= 11 is 0. The summed E-state index contributed by atoms with van der Waals surface area (Å²) in [5, 5.41) is 5.43. The number of nitrogens with one attached hydrogen (secondary N) is 2. The van der Waals surface area contributed by atoms with Crippen molar-refractivity contribution in [3.05, 3.63) is 53.7 Å². The first kappa shape index (κ1) is 18.8. The second-order valence-electron chi connectivity index (χ2n) is 5.56. The molecule has 2 rings (SSSR count). The molecule has 1 amide bonds. The first-order valence-corrected chi connectivity index (χ1v) is 8.09. The van der Waals surface area contributed by atoms with Crippen molar-refractivity contribution in [1.82, 2.24) is 10.3 Å². The van der Waals surface area contributed by atoms with Crippen LogP contribution < -0.4 is 10.6 Å². The van der Waals surface area contributed by atoms with Gasteiger partial charge in [0.05, 0.1) is 16.8 Å². The number of rotatable bonds is 7. The normalized spacial score (nSPS) is 11.2. The Hall–Kier alpha value is -2.57. The Balaban J connectivity index is 2.03. The molecule has 0 aliphatic carbocycles. The number of benzene rings is 1. The lowest BCUT2D eigenvalue weighted by Crippen LogP contribution is -2.24. The van der Waals surface area contributed by atoms with E-state index in [2.05, 4.69) is 22.5 Å². The standard InChI is InChI=1S/C18H20F3N3O/c1-2-3-6-11-22-17(25)13-9-10-16(23-12-13)24-15-8-5-4-7-14(15)18(19,20)21/h4-5,7-10,12H,2-3,6,11H2,1H3,(H,22,25)(H,23,24). The van der Waals surface area contributed by atoms with E-state index >= 15 is 0 Å². The number of halogens is 3. The van der Waals surface area contributed by atoms with Crippen LogP contribution in [0, 0.1) is 0 Å². The van der Waals surface area contributed by atoms with Crippen molar-refractivity contribution in [1.29, 1.82) is 0 Å². The Kier molecular flexibility index (Phi) is 6.38. The lowest BCUT2D eigenvalue weighted by atomic mass is 10.1. The molecule has 1 aromatic heterocycles. The smallest absolute Gasteiger partial charge is 0.352 e. The monoisotopic (exact) mass is 351 g/mol. The van der Waals surface area contributed by atoms with Gasteiger partial charge in [-0.1, -0.05) is 31.9 Å². The van der Waals surface area contributed by atoms with Crippen molar-refractivity contribution in [2.24, 2.45) is 0 Å². The summed E-state index contributed by atoms with van der Waals surface area (Å²) in [6.07, 6.45) is -0.101. The third kappa shape index (κ3) is 5.48. The zero-order valence-electron chi connectivity index (χ0n) is 13.9. The van der Waals surface area contributed by atoms with Crippen LogP contribution in [0.4, 0.5) is 24.7 Å². The zero-order chi connectivity index (χ0) is 18.3. The van der Waals surface area contributed by atoms with Crippen molar-refractivity contribution in [2.75, 3.05) is 11.9 Å². The number of anilines is 2. The third-order valence-corrected chi connectivity index (χ3v) is 3.59. The van der Waals surface area contributed by atoms with Crippen LogP contribution in [0.2, 0.25) is 0 Å². The Morgan fingerprint density at radius 3 is 2.52 bits per heavy atom. The number of pyridine rings is 1. The van der Waals surface area contributed by atoms with Crippen LogP contribution in [0.5, 0.6) is 0 Å². The summed E-state index contributed by atoms with van der Waals surface area (Å²) < 4.78 is 38.9. The second kappa shape index (κ2) is 8.50. The van der Waals surface area contributed by atoms with Gasteiger partial charge in [-0.2, -0.15) is 13.2 Å². The Labute approximate surface area is 144 Å². The highest BCUT2D eigenvalue weighted by atomic mass is 19.4. The minimum Gasteiger partial charge on any atom is -0.352 e. The predicted octanol–water partition coefficient (Wildman–Crippen LogP) is 4.76. The quantitative estimate of drug-likeness (QED) is 0.707.